The molecule has 3 amide bonds. The van der Waals surface area contributed by atoms with Crippen LogP contribution < -0.4 is 16.4 Å². The van der Waals surface area contributed by atoms with Crippen molar-refractivity contribution in [2.75, 3.05) is 11.9 Å². The van der Waals surface area contributed by atoms with Crippen molar-refractivity contribution < 1.29 is 9.59 Å². The summed E-state index contributed by atoms with van der Waals surface area (Å²) in [5.74, 6) is 0.134. The van der Waals surface area contributed by atoms with Crippen LogP contribution in [0.1, 0.15) is 27.7 Å². The number of nitrogens with zero attached hydrogens (tertiary/aromatic N) is 2. The number of imide groups is 1. The van der Waals surface area contributed by atoms with Crippen molar-refractivity contribution >= 4 is 40.2 Å². The Hall–Kier alpha value is -1.35. The summed E-state index contributed by atoms with van der Waals surface area (Å²) in [6, 6.07) is -0.845. The number of carbonyl (C=O) groups is 2. The van der Waals surface area contributed by atoms with Crippen molar-refractivity contribution in [1.82, 2.24) is 15.5 Å². The number of hydrogen-bond donors (Lipinski definition) is 3. The molecule has 0 spiro atoms. The molecule has 1 heterocycles. The van der Waals surface area contributed by atoms with Gasteiger partial charge < -0.3 is 11.1 Å². The van der Waals surface area contributed by atoms with Crippen LogP contribution in [0.5, 0.6) is 0 Å². The van der Waals surface area contributed by atoms with Crippen LogP contribution in [0.15, 0.2) is 4.34 Å². The monoisotopic (exact) mass is 331 g/mol. The molecule has 1 rings (SSSR count). The maximum atomic E-state index is 11.9. The second kappa shape index (κ2) is 8.18. The van der Waals surface area contributed by atoms with E-state index in [1.807, 2.05) is 13.8 Å². The molecule has 9 heteroatoms. The third kappa shape index (κ3) is 6.30. The van der Waals surface area contributed by atoms with Crippen LogP contribution in [0.25, 0.3) is 0 Å². The molecule has 1 atom stereocenters. The Bertz CT molecular complexity index is 490. The SMILES string of the molecule is CC(C)CNc1nnc(SC(C(=O)NC(N)=O)C(C)C)s1. The van der Waals surface area contributed by atoms with E-state index in [0.29, 0.717) is 10.3 Å². The molecule has 21 heavy (non-hydrogen) atoms. The molecule has 0 saturated heterocycles. The average Bonchev–Trinajstić information content (AvgIpc) is 2.79. The molecule has 0 saturated carbocycles. The fourth-order valence-corrected chi connectivity index (χ4v) is 3.38. The van der Waals surface area contributed by atoms with Gasteiger partial charge in [-0.25, -0.2) is 4.79 Å². The third-order valence-electron chi connectivity index (χ3n) is 2.41. The molecule has 0 radical (unpaired) electrons. The highest BCUT2D eigenvalue weighted by atomic mass is 32.2. The summed E-state index contributed by atoms with van der Waals surface area (Å²) in [5, 5.41) is 13.7. The zero-order valence-corrected chi connectivity index (χ0v) is 14.2. The maximum absolute atomic E-state index is 11.9. The Morgan fingerprint density at radius 1 is 1.29 bits per heavy atom. The summed E-state index contributed by atoms with van der Waals surface area (Å²) >= 11 is 2.68. The summed E-state index contributed by atoms with van der Waals surface area (Å²) in [7, 11) is 0. The number of carbonyl (C=O) groups excluding carboxylic acids is 2. The summed E-state index contributed by atoms with van der Waals surface area (Å²) < 4.78 is 0.680. The van der Waals surface area contributed by atoms with Crippen LogP contribution in [0, 0.1) is 11.8 Å². The summed E-state index contributed by atoms with van der Waals surface area (Å²) in [6.45, 7) is 8.82. The maximum Gasteiger partial charge on any atom is 0.318 e. The molecule has 1 aromatic heterocycles. The van der Waals surface area contributed by atoms with E-state index >= 15 is 0 Å². The summed E-state index contributed by atoms with van der Waals surface area (Å²) in [6.07, 6.45) is 0. The number of rotatable bonds is 7. The van der Waals surface area contributed by atoms with E-state index in [2.05, 4.69) is 34.7 Å². The highest BCUT2D eigenvalue weighted by molar-refractivity contribution is 8.02. The standard InChI is InChI=1S/C12H21N5O2S2/c1-6(2)5-14-11-16-17-12(21-11)20-8(7(3)4)9(18)15-10(13)19/h6-8H,5H2,1-4H3,(H,14,16)(H3,13,15,18,19). The van der Waals surface area contributed by atoms with Gasteiger partial charge in [0.05, 0.1) is 5.25 Å². The predicted molar refractivity (Wildman–Crippen MR) is 85.4 cm³/mol. The van der Waals surface area contributed by atoms with E-state index in [9.17, 15) is 9.59 Å². The lowest BCUT2D eigenvalue weighted by Gasteiger charge is -2.16. The smallest absolute Gasteiger partial charge is 0.318 e. The first-order chi connectivity index (χ1) is 9.79. The third-order valence-corrected chi connectivity index (χ3v) is 4.92. The van der Waals surface area contributed by atoms with Crippen LogP contribution in [-0.2, 0) is 4.79 Å². The van der Waals surface area contributed by atoms with Crippen molar-refractivity contribution in [3.05, 3.63) is 0 Å². The molecule has 7 nitrogen and oxygen atoms in total. The van der Waals surface area contributed by atoms with Gasteiger partial charge in [0, 0.05) is 6.54 Å². The lowest BCUT2D eigenvalue weighted by atomic mass is 10.1. The topological polar surface area (TPSA) is 110 Å². The van der Waals surface area contributed by atoms with E-state index in [1.54, 1.807) is 0 Å². The predicted octanol–water partition coefficient (Wildman–Crippen LogP) is 1.92. The van der Waals surface area contributed by atoms with Gasteiger partial charge in [0.25, 0.3) is 0 Å². The number of primary amides is 1. The largest absolute Gasteiger partial charge is 0.360 e. The number of aromatic nitrogens is 2. The molecular weight excluding hydrogens is 310 g/mol. The molecule has 0 aliphatic heterocycles. The van der Waals surface area contributed by atoms with Crippen molar-refractivity contribution in [2.45, 2.75) is 37.3 Å². The van der Waals surface area contributed by atoms with Gasteiger partial charge in [-0.05, 0) is 11.8 Å². The minimum atomic E-state index is -0.845. The molecule has 0 aliphatic rings. The lowest BCUT2D eigenvalue weighted by Crippen LogP contribution is -2.42. The van der Waals surface area contributed by atoms with Gasteiger partial charge in [-0.3, -0.25) is 10.1 Å². The van der Waals surface area contributed by atoms with Crippen molar-refractivity contribution in [1.29, 1.82) is 0 Å². The number of nitrogens with one attached hydrogen (secondary N) is 2. The Labute approximate surface area is 132 Å². The quantitative estimate of drug-likeness (QED) is 0.658. The van der Waals surface area contributed by atoms with Gasteiger partial charge in [-0.2, -0.15) is 0 Å². The van der Waals surface area contributed by atoms with Gasteiger partial charge in [0.2, 0.25) is 11.0 Å². The van der Waals surface area contributed by atoms with Crippen LogP contribution in [0.3, 0.4) is 0 Å². The van der Waals surface area contributed by atoms with E-state index in [0.717, 1.165) is 11.7 Å². The van der Waals surface area contributed by atoms with Gasteiger partial charge in [-0.1, -0.05) is 50.8 Å². The molecule has 1 unspecified atom stereocenters. The van der Waals surface area contributed by atoms with Gasteiger partial charge in [0.15, 0.2) is 4.34 Å². The van der Waals surface area contributed by atoms with Crippen LogP contribution in [0.2, 0.25) is 0 Å². The first-order valence-electron chi connectivity index (χ1n) is 6.64. The number of nitrogens with two attached hydrogens (primary N) is 1. The zero-order valence-electron chi connectivity index (χ0n) is 12.5. The summed E-state index contributed by atoms with van der Waals surface area (Å²) in [5.41, 5.74) is 4.98. The number of anilines is 1. The van der Waals surface area contributed by atoms with Crippen molar-refractivity contribution in [2.24, 2.45) is 17.6 Å². The zero-order chi connectivity index (χ0) is 16.0. The van der Waals surface area contributed by atoms with Crippen molar-refractivity contribution in [3.63, 3.8) is 0 Å². The molecule has 118 valence electrons. The number of urea groups is 1. The van der Waals surface area contributed by atoms with E-state index in [1.165, 1.54) is 23.1 Å². The lowest BCUT2D eigenvalue weighted by molar-refractivity contribution is -0.120. The second-order valence-corrected chi connectivity index (χ2v) is 7.65. The number of hydrogen-bond acceptors (Lipinski definition) is 7. The molecule has 0 aromatic carbocycles. The highest BCUT2D eigenvalue weighted by Crippen LogP contribution is 2.32. The Balaban J connectivity index is 2.67. The molecule has 0 aliphatic carbocycles. The first kappa shape index (κ1) is 17.7. The molecular formula is C12H21N5O2S2. The minimum Gasteiger partial charge on any atom is -0.360 e. The Morgan fingerprint density at radius 3 is 2.48 bits per heavy atom. The van der Waals surface area contributed by atoms with Crippen molar-refractivity contribution in [3.8, 4) is 0 Å². The average molecular weight is 331 g/mol. The normalized spacial score (nSPS) is 12.5. The number of thioether (sulfide) groups is 1. The fourth-order valence-electron chi connectivity index (χ4n) is 1.41. The second-order valence-electron chi connectivity index (χ2n) is 5.28. The fraction of sp³-hybridized carbons (Fsp3) is 0.667. The highest BCUT2D eigenvalue weighted by Gasteiger charge is 2.26. The van der Waals surface area contributed by atoms with Crippen LogP contribution in [0.4, 0.5) is 9.93 Å². The van der Waals surface area contributed by atoms with E-state index in [4.69, 9.17) is 5.73 Å². The Kier molecular flexibility index (Phi) is 6.90. The Morgan fingerprint density at radius 2 is 1.95 bits per heavy atom. The molecule has 0 fully saturated rings. The molecule has 1 aromatic rings. The minimum absolute atomic E-state index is 0.0327. The van der Waals surface area contributed by atoms with Gasteiger partial charge in [0.1, 0.15) is 0 Å². The molecule has 4 N–H and O–H groups in total. The van der Waals surface area contributed by atoms with Crippen LogP contribution >= 0.6 is 23.1 Å². The van der Waals surface area contributed by atoms with E-state index in [-0.39, 0.29) is 5.92 Å². The number of amides is 3. The first-order valence-corrected chi connectivity index (χ1v) is 8.33. The van der Waals surface area contributed by atoms with E-state index < -0.39 is 17.2 Å². The summed E-state index contributed by atoms with van der Waals surface area (Å²) in [4.78, 5) is 22.7. The van der Waals surface area contributed by atoms with Gasteiger partial charge in [-0.15, -0.1) is 10.2 Å². The van der Waals surface area contributed by atoms with Crippen LogP contribution in [-0.4, -0.2) is 33.9 Å². The van der Waals surface area contributed by atoms with Gasteiger partial charge >= 0.3 is 6.03 Å². The molecule has 0 bridgehead atoms.